The fourth-order valence-corrected chi connectivity index (χ4v) is 4.98. The van der Waals surface area contributed by atoms with Crippen molar-refractivity contribution in [2.24, 2.45) is 23.7 Å². The summed E-state index contributed by atoms with van der Waals surface area (Å²) in [5, 5.41) is 3.19. The zero-order chi connectivity index (χ0) is 14.9. The molecule has 2 aliphatic carbocycles. The van der Waals surface area contributed by atoms with Gasteiger partial charge >= 0.3 is 0 Å². The lowest BCUT2D eigenvalue weighted by Gasteiger charge is -2.31. The molecule has 3 rings (SSSR count). The average Bonchev–Trinajstić information content (AvgIpc) is 3.34. The van der Waals surface area contributed by atoms with Crippen LogP contribution >= 0.6 is 0 Å². The Hall–Kier alpha value is -0.170. The highest BCUT2D eigenvalue weighted by Crippen LogP contribution is 2.48. The van der Waals surface area contributed by atoms with Crippen molar-refractivity contribution in [1.82, 2.24) is 14.3 Å². The lowest BCUT2D eigenvalue weighted by Crippen LogP contribution is -2.47. The van der Waals surface area contributed by atoms with Gasteiger partial charge in [-0.05, 0) is 75.8 Å². The number of hydrogen-bond acceptors (Lipinski definition) is 3. The van der Waals surface area contributed by atoms with Gasteiger partial charge in [0.05, 0.1) is 0 Å². The molecule has 0 aromatic carbocycles. The maximum Gasteiger partial charge on any atom is 0.279 e. The molecule has 0 atom stereocenters. The molecule has 3 aliphatic rings. The summed E-state index contributed by atoms with van der Waals surface area (Å²) in [6.45, 7) is 2.99. The van der Waals surface area contributed by atoms with E-state index in [9.17, 15) is 8.42 Å². The topological polar surface area (TPSA) is 61.4 Å². The lowest BCUT2D eigenvalue weighted by molar-refractivity contribution is 0.266. The van der Waals surface area contributed by atoms with E-state index in [1.54, 1.807) is 4.31 Å². The Kier molecular flexibility index (Phi) is 4.88. The Labute approximate surface area is 129 Å². The number of piperidine rings is 1. The third-order valence-corrected chi connectivity index (χ3v) is 6.94. The van der Waals surface area contributed by atoms with Gasteiger partial charge in [0.2, 0.25) is 0 Å². The molecule has 0 radical (unpaired) electrons. The van der Waals surface area contributed by atoms with Gasteiger partial charge in [-0.2, -0.15) is 12.7 Å². The van der Waals surface area contributed by atoms with Crippen molar-refractivity contribution >= 4 is 10.2 Å². The van der Waals surface area contributed by atoms with Crippen molar-refractivity contribution in [1.29, 1.82) is 0 Å². The van der Waals surface area contributed by atoms with Gasteiger partial charge in [0, 0.05) is 19.6 Å². The molecule has 122 valence electrons. The highest BCUT2D eigenvalue weighted by atomic mass is 32.2. The van der Waals surface area contributed by atoms with Crippen LogP contribution in [-0.4, -0.2) is 45.9 Å². The van der Waals surface area contributed by atoms with E-state index < -0.39 is 10.2 Å². The SMILES string of the molecule is CNCC1CCN(S(=O)(=O)NCC(C2CC2)C2CC2)CC1. The molecule has 5 nitrogen and oxygen atoms in total. The molecule has 6 heteroatoms. The van der Waals surface area contributed by atoms with Gasteiger partial charge in [0.25, 0.3) is 10.2 Å². The minimum Gasteiger partial charge on any atom is -0.319 e. The Morgan fingerprint density at radius 2 is 1.62 bits per heavy atom. The molecule has 1 heterocycles. The van der Waals surface area contributed by atoms with Gasteiger partial charge in [-0.25, -0.2) is 4.72 Å². The van der Waals surface area contributed by atoms with E-state index in [4.69, 9.17) is 0 Å². The largest absolute Gasteiger partial charge is 0.319 e. The maximum absolute atomic E-state index is 12.4. The summed E-state index contributed by atoms with van der Waals surface area (Å²) in [7, 11) is -1.31. The standard InChI is InChI=1S/C15H29N3O2S/c1-16-10-12-6-8-18(9-7-12)21(19,20)17-11-15(13-2-3-13)14-4-5-14/h12-17H,2-11H2,1H3. The molecular formula is C15H29N3O2S. The highest BCUT2D eigenvalue weighted by Gasteiger charge is 2.42. The molecule has 1 saturated heterocycles. The van der Waals surface area contributed by atoms with Crippen molar-refractivity contribution in [3.63, 3.8) is 0 Å². The van der Waals surface area contributed by atoms with E-state index in [1.165, 1.54) is 25.7 Å². The molecule has 0 bridgehead atoms. The fraction of sp³-hybridized carbons (Fsp3) is 1.00. The summed E-state index contributed by atoms with van der Waals surface area (Å²) in [6, 6.07) is 0. The van der Waals surface area contributed by atoms with Crippen molar-refractivity contribution in [2.45, 2.75) is 38.5 Å². The van der Waals surface area contributed by atoms with Crippen LogP contribution in [0.3, 0.4) is 0 Å². The summed E-state index contributed by atoms with van der Waals surface area (Å²) in [5.74, 6) is 2.80. The van der Waals surface area contributed by atoms with Crippen LogP contribution in [0.5, 0.6) is 0 Å². The van der Waals surface area contributed by atoms with Gasteiger partial charge in [-0.15, -0.1) is 0 Å². The van der Waals surface area contributed by atoms with Crippen LogP contribution in [0.25, 0.3) is 0 Å². The van der Waals surface area contributed by atoms with Gasteiger partial charge < -0.3 is 5.32 Å². The molecule has 0 spiro atoms. The normalized spacial score (nSPS) is 25.6. The summed E-state index contributed by atoms with van der Waals surface area (Å²) >= 11 is 0. The Bertz CT molecular complexity index is 426. The lowest BCUT2D eigenvalue weighted by atomic mass is 9.98. The number of rotatable bonds is 8. The zero-order valence-electron chi connectivity index (χ0n) is 13.1. The van der Waals surface area contributed by atoms with Gasteiger partial charge in [0.1, 0.15) is 0 Å². The van der Waals surface area contributed by atoms with Crippen LogP contribution in [0.2, 0.25) is 0 Å². The van der Waals surface area contributed by atoms with E-state index in [1.807, 2.05) is 7.05 Å². The first-order valence-corrected chi connectivity index (χ1v) is 9.93. The predicted molar refractivity (Wildman–Crippen MR) is 84.1 cm³/mol. The van der Waals surface area contributed by atoms with Crippen molar-refractivity contribution in [3.05, 3.63) is 0 Å². The second-order valence-corrected chi connectivity index (χ2v) is 8.85. The molecule has 0 aromatic rings. The summed E-state index contributed by atoms with van der Waals surface area (Å²) in [6.07, 6.45) is 7.15. The third kappa shape index (κ3) is 4.18. The molecule has 21 heavy (non-hydrogen) atoms. The van der Waals surface area contributed by atoms with Crippen molar-refractivity contribution < 1.29 is 8.42 Å². The second-order valence-electron chi connectivity index (χ2n) is 7.09. The van der Waals surface area contributed by atoms with E-state index >= 15 is 0 Å². The first kappa shape index (κ1) is 15.7. The van der Waals surface area contributed by atoms with Crippen LogP contribution in [0.15, 0.2) is 0 Å². The molecule has 0 aromatic heterocycles. The predicted octanol–water partition coefficient (Wildman–Crippen LogP) is 1.19. The number of nitrogens with zero attached hydrogens (tertiary/aromatic N) is 1. The van der Waals surface area contributed by atoms with Gasteiger partial charge in [-0.1, -0.05) is 0 Å². The van der Waals surface area contributed by atoms with Crippen LogP contribution in [0.1, 0.15) is 38.5 Å². The Morgan fingerprint density at radius 1 is 1.05 bits per heavy atom. The highest BCUT2D eigenvalue weighted by molar-refractivity contribution is 7.87. The Morgan fingerprint density at radius 3 is 2.10 bits per heavy atom. The zero-order valence-corrected chi connectivity index (χ0v) is 13.9. The molecule has 2 saturated carbocycles. The molecular weight excluding hydrogens is 286 g/mol. The number of hydrogen-bond donors (Lipinski definition) is 2. The van der Waals surface area contributed by atoms with Gasteiger partial charge in [0.15, 0.2) is 0 Å². The van der Waals surface area contributed by atoms with Crippen molar-refractivity contribution in [3.8, 4) is 0 Å². The van der Waals surface area contributed by atoms with Crippen LogP contribution in [0.4, 0.5) is 0 Å². The first-order valence-electron chi connectivity index (χ1n) is 8.49. The molecule has 0 unspecified atom stereocenters. The minimum absolute atomic E-state index is 0.599. The van der Waals surface area contributed by atoms with E-state index in [-0.39, 0.29) is 0 Å². The summed E-state index contributed by atoms with van der Waals surface area (Å²) in [5.41, 5.74) is 0. The van der Waals surface area contributed by atoms with Crippen LogP contribution in [-0.2, 0) is 10.2 Å². The smallest absolute Gasteiger partial charge is 0.279 e. The van der Waals surface area contributed by atoms with E-state index in [0.717, 1.165) is 31.2 Å². The van der Waals surface area contributed by atoms with Gasteiger partial charge in [-0.3, -0.25) is 0 Å². The van der Waals surface area contributed by atoms with Crippen LogP contribution < -0.4 is 10.0 Å². The minimum atomic E-state index is -3.27. The average molecular weight is 315 g/mol. The quantitative estimate of drug-likeness (QED) is 0.707. The molecule has 3 fully saturated rings. The molecule has 1 aliphatic heterocycles. The second kappa shape index (κ2) is 6.52. The summed E-state index contributed by atoms with van der Waals surface area (Å²) < 4.78 is 29.4. The van der Waals surface area contributed by atoms with Crippen molar-refractivity contribution in [2.75, 3.05) is 33.2 Å². The third-order valence-electron chi connectivity index (χ3n) is 5.36. The monoisotopic (exact) mass is 315 g/mol. The Balaban J connectivity index is 1.47. The fourth-order valence-electron chi connectivity index (χ4n) is 3.70. The first-order chi connectivity index (χ1) is 10.1. The number of nitrogens with one attached hydrogen (secondary N) is 2. The summed E-state index contributed by atoms with van der Waals surface area (Å²) in [4.78, 5) is 0. The molecule has 2 N–H and O–H groups in total. The molecule has 0 amide bonds. The van der Waals surface area contributed by atoms with Crippen LogP contribution in [0, 0.1) is 23.7 Å². The maximum atomic E-state index is 12.4. The van der Waals surface area contributed by atoms with E-state index in [0.29, 0.717) is 31.5 Å². The van der Waals surface area contributed by atoms with E-state index in [2.05, 4.69) is 10.0 Å².